The van der Waals surface area contributed by atoms with Gasteiger partial charge in [0.2, 0.25) is 11.8 Å². The van der Waals surface area contributed by atoms with E-state index in [1.54, 1.807) is 12.0 Å². The van der Waals surface area contributed by atoms with Gasteiger partial charge in [0.25, 0.3) is 0 Å². The topological polar surface area (TPSA) is 58.6 Å². The van der Waals surface area contributed by atoms with Crippen LogP contribution in [0.4, 0.5) is 11.4 Å². The molecule has 1 N–H and O–H groups in total. The summed E-state index contributed by atoms with van der Waals surface area (Å²) in [6, 6.07) is 10.8. The van der Waals surface area contributed by atoms with Crippen molar-refractivity contribution in [3.05, 3.63) is 53.1 Å². The molecule has 0 fully saturated rings. The number of aryl methyl sites for hydroxylation is 2. The fraction of sp³-hybridized carbons (Fsp3) is 0.391. The van der Waals surface area contributed by atoms with Crippen molar-refractivity contribution < 1.29 is 14.3 Å². The van der Waals surface area contributed by atoms with Crippen LogP contribution in [-0.2, 0) is 16.0 Å². The van der Waals surface area contributed by atoms with Crippen LogP contribution < -0.4 is 15.0 Å². The summed E-state index contributed by atoms with van der Waals surface area (Å²) in [6.45, 7) is 9.89. The van der Waals surface area contributed by atoms with Crippen molar-refractivity contribution >= 4 is 23.2 Å². The fourth-order valence-electron chi connectivity index (χ4n) is 3.83. The Morgan fingerprint density at radius 2 is 1.79 bits per heavy atom. The Labute approximate surface area is 166 Å². The third-order valence-electron chi connectivity index (χ3n) is 5.21. The van der Waals surface area contributed by atoms with Gasteiger partial charge in [-0.25, -0.2) is 0 Å². The predicted octanol–water partition coefficient (Wildman–Crippen LogP) is 4.25. The second-order valence-electron chi connectivity index (χ2n) is 8.46. The number of rotatable bonds is 4. The van der Waals surface area contributed by atoms with Crippen molar-refractivity contribution in [2.24, 2.45) is 5.41 Å². The maximum Gasteiger partial charge on any atom is 0.248 e. The molecule has 0 saturated heterocycles. The molecule has 1 heterocycles. The van der Waals surface area contributed by atoms with Gasteiger partial charge in [0.15, 0.2) is 0 Å². The smallest absolute Gasteiger partial charge is 0.248 e. The highest BCUT2D eigenvalue weighted by molar-refractivity contribution is 6.09. The molecule has 2 aromatic carbocycles. The van der Waals surface area contributed by atoms with Crippen LogP contribution in [0.3, 0.4) is 0 Å². The maximum absolute atomic E-state index is 13.4. The molecule has 0 bridgehead atoms. The van der Waals surface area contributed by atoms with E-state index in [9.17, 15) is 9.59 Å². The summed E-state index contributed by atoms with van der Waals surface area (Å²) in [5.41, 5.74) is 4.03. The average Bonchev–Trinajstić information content (AvgIpc) is 2.92. The fourth-order valence-corrected chi connectivity index (χ4v) is 3.83. The Morgan fingerprint density at radius 3 is 2.36 bits per heavy atom. The Bertz CT molecular complexity index is 908. The highest BCUT2D eigenvalue weighted by Crippen LogP contribution is 2.38. The van der Waals surface area contributed by atoms with Crippen LogP contribution in [-0.4, -0.2) is 25.0 Å². The van der Waals surface area contributed by atoms with Gasteiger partial charge in [0.1, 0.15) is 11.8 Å². The monoisotopic (exact) mass is 380 g/mol. The summed E-state index contributed by atoms with van der Waals surface area (Å²) in [6.07, 6.45) is 0.274. The molecule has 1 unspecified atom stereocenters. The summed E-state index contributed by atoms with van der Waals surface area (Å²) in [4.78, 5) is 28.0. The number of methoxy groups -OCH3 is 1. The van der Waals surface area contributed by atoms with Gasteiger partial charge in [-0.2, -0.15) is 0 Å². The zero-order valence-corrected chi connectivity index (χ0v) is 17.4. The summed E-state index contributed by atoms with van der Waals surface area (Å²) in [5.74, 6) is 0.461. The van der Waals surface area contributed by atoms with Crippen LogP contribution in [0.25, 0.3) is 0 Å². The van der Waals surface area contributed by atoms with E-state index in [2.05, 4.69) is 5.32 Å². The first-order chi connectivity index (χ1) is 13.1. The third kappa shape index (κ3) is 3.61. The highest BCUT2D eigenvalue weighted by Gasteiger charge is 2.43. The predicted molar refractivity (Wildman–Crippen MR) is 112 cm³/mol. The van der Waals surface area contributed by atoms with Crippen LogP contribution in [0.5, 0.6) is 5.75 Å². The number of hydrogen-bond donors (Lipinski definition) is 1. The molecule has 148 valence electrons. The van der Waals surface area contributed by atoms with Crippen LogP contribution >= 0.6 is 0 Å². The minimum absolute atomic E-state index is 0.0696. The highest BCUT2D eigenvalue weighted by atomic mass is 16.5. The van der Waals surface area contributed by atoms with E-state index in [0.717, 1.165) is 28.1 Å². The molecule has 0 spiro atoms. The number of carbonyl (C=O) groups excluding carboxylic acids is 2. The van der Waals surface area contributed by atoms with Crippen LogP contribution in [0.15, 0.2) is 36.4 Å². The Hall–Kier alpha value is -2.82. The number of benzene rings is 2. The Balaban J connectivity index is 2.00. The van der Waals surface area contributed by atoms with Gasteiger partial charge in [0.05, 0.1) is 13.5 Å². The molecule has 2 aromatic rings. The van der Waals surface area contributed by atoms with Gasteiger partial charge < -0.3 is 10.1 Å². The van der Waals surface area contributed by atoms with E-state index in [1.165, 1.54) is 0 Å². The van der Waals surface area contributed by atoms with Crippen LogP contribution in [0.1, 0.15) is 37.5 Å². The van der Waals surface area contributed by atoms with E-state index in [4.69, 9.17) is 4.74 Å². The van der Waals surface area contributed by atoms with Gasteiger partial charge in [-0.15, -0.1) is 0 Å². The number of amides is 2. The Morgan fingerprint density at radius 1 is 1.14 bits per heavy atom. The molecule has 1 aliphatic rings. The molecule has 0 radical (unpaired) electrons. The standard InChI is InChI=1S/C23H28N2O3/c1-14-8-7-9-15(2)20(14)24-22(27)21(23(3,4)5)25-18-11-10-17(28-6)12-16(18)13-19(25)26/h7-12,21H,13H2,1-6H3,(H,24,27). The zero-order chi connectivity index (χ0) is 20.6. The summed E-state index contributed by atoms with van der Waals surface area (Å²) in [5, 5.41) is 3.08. The largest absolute Gasteiger partial charge is 0.497 e. The van der Waals surface area contributed by atoms with Crippen LogP contribution in [0.2, 0.25) is 0 Å². The number of para-hydroxylation sites is 1. The number of nitrogens with one attached hydrogen (secondary N) is 1. The van der Waals surface area contributed by atoms with Gasteiger partial charge in [0, 0.05) is 11.4 Å². The minimum Gasteiger partial charge on any atom is -0.497 e. The zero-order valence-electron chi connectivity index (χ0n) is 17.4. The first kappa shape index (κ1) is 19.9. The summed E-state index contributed by atoms with van der Waals surface area (Å²) in [7, 11) is 1.60. The molecule has 5 heteroatoms. The van der Waals surface area contributed by atoms with Crippen molar-refractivity contribution in [3.8, 4) is 5.75 Å². The molecule has 3 rings (SSSR count). The van der Waals surface area contributed by atoms with E-state index in [-0.39, 0.29) is 18.2 Å². The van der Waals surface area contributed by atoms with Gasteiger partial charge in [-0.1, -0.05) is 39.0 Å². The lowest BCUT2D eigenvalue weighted by molar-refractivity contribution is -0.124. The molecule has 1 atom stereocenters. The van der Waals surface area contributed by atoms with E-state index in [1.807, 2.05) is 71.0 Å². The lowest BCUT2D eigenvalue weighted by Gasteiger charge is -2.37. The molecule has 5 nitrogen and oxygen atoms in total. The maximum atomic E-state index is 13.4. The minimum atomic E-state index is -0.631. The third-order valence-corrected chi connectivity index (χ3v) is 5.21. The van der Waals surface area contributed by atoms with Crippen molar-refractivity contribution in [2.75, 3.05) is 17.3 Å². The summed E-state index contributed by atoms with van der Waals surface area (Å²) >= 11 is 0. The van der Waals surface area contributed by atoms with Gasteiger partial charge >= 0.3 is 0 Å². The van der Waals surface area contributed by atoms with Crippen LogP contribution in [0, 0.1) is 19.3 Å². The quantitative estimate of drug-likeness (QED) is 0.862. The second-order valence-corrected chi connectivity index (χ2v) is 8.46. The van der Waals surface area contributed by atoms with Crippen molar-refractivity contribution in [1.82, 2.24) is 0 Å². The first-order valence-corrected chi connectivity index (χ1v) is 9.49. The number of ether oxygens (including phenoxy) is 1. The lowest BCUT2D eigenvalue weighted by atomic mass is 9.84. The van der Waals surface area contributed by atoms with Gasteiger partial charge in [-0.05, 0) is 54.2 Å². The van der Waals surface area contributed by atoms with Crippen molar-refractivity contribution in [1.29, 1.82) is 0 Å². The van der Waals surface area contributed by atoms with Crippen molar-refractivity contribution in [3.63, 3.8) is 0 Å². The molecule has 2 amide bonds. The number of carbonyl (C=O) groups is 2. The van der Waals surface area contributed by atoms with E-state index < -0.39 is 11.5 Å². The normalized spacial score (nSPS) is 14.6. The van der Waals surface area contributed by atoms with E-state index in [0.29, 0.717) is 5.75 Å². The number of anilines is 2. The molecular weight excluding hydrogens is 352 g/mol. The molecule has 1 aliphatic heterocycles. The Kier molecular flexibility index (Phi) is 5.20. The second kappa shape index (κ2) is 7.30. The molecule has 0 saturated carbocycles. The molecule has 0 aromatic heterocycles. The van der Waals surface area contributed by atoms with Crippen molar-refractivity contribution in [2.45, 2.75) is 47.1 Å². The van der Waals surface area contributed by atoms with E-state index >= 15 is 0 Å². The average molecular weight is 380 g/mol. The molecule has 28 heavy (non-hydrogen) atoms. The van der Waals surface area contributed by atoms with Gasteiger partial charge in [-0.3, -0.25) is 14.5 Å². The number of nitrogens with zero attached hydrogens (tertiary/aromatic N) is 1. The molecular formula is C23H28N2O3. The number of hydrogen-bond acceptors (Lipinski definition) is 3. The molecule has 0 aliphatic carbocycles. The lowest BCUT2D eigenvalue weighted by Crippen LogP contribution is -2.53. The first-order valence-electron chi connectivity index (χ1n) is 9.49. The SMILES string of the molecule is COc1ccc2c(c1)CC(=O)N2C(C(=O)Nc1c(C)cccc1C)C(C)(C)C. The summed E-state index contributed by atoms with van der Waals surface area (Å²) < 4.78 is 5.28. The number of fused-ring (bicyclic) bond motifs is 1.